The van der Waals surface area contributed by atoms with Gasteiger partial charge in [-0.2, -0.15) is 0 Å². The van der Waals surface area contributed by atoms with Crippen LogP contribution in [0.25, 0.3) is 0 Å². The number of Topliss-reactive ketones (excluding diaryl/α,β-unsaturated/α-hetero) is 4. The first-order chi connectivity index (χ1) is 18.3. The average Bonchev–Trinajstić information content (AvgIpc) is 3.66. The number of hydrogen-bond acceptors (Lipinski definition) is 9. The van der Waals surface area contributed by atoms with Crippen LogP contribution in [0.1, 0.15) is 54.6 Å². The highest BCUT2D eigenvalue weighted by molar-refractivity contribution is 6.32. The Labute approximate surface area is 227 Å². The number of phenols is 1. The number of amides is 1. The third-order valence-corrected chi connectivity index (χ3v) is 9.30. The van der Waals surface area contributed by atoms with E-state index in [2.05, 4.69) is 5.32 Å². The van der Waals surface area contributed by atoms with Gasteiger partial charge in [0.25, 0.3) is 0 Å². The highest BCUT2D eigenvalue weighted by atomic mass is 16.3. The van der Waals surface area contributed by atoms with Crippen LogP contribution in [-0.4, -0.2) is 65.5 Å². The van der Waals surface area contributed by atoms with E-state index in [9.17, 15) is 34.2 Å². The van der Waals surface area contributed by atoms with Crippen molar-refractivity contribution in [1.82, 2.24) is 5.32 Å². The minimum absolute atomic E-state index is 0.0345. The van der Waals surface area contributed by atoms with E-state index in [1.54, 1.807) is 13.8 Å². The van der Waals surface area contributed by atoms with Crippen molar-refractivity contribution >= 4 is 34.7 Å². The molecule has 0 radical (unpaired) electrons. The number of benzene rings is 1. The smallest absolute Gasteiger partial charge is 0.235 e. The van der Waals surface area contributed by atoms with Crippen LogP contribution in [0, 0.1) is 41.4 Å². The summed E-state index contributed by atoms with van der Waals surface area (Å²) in [7, 11) is 3.68. The quantitative estimate of drug-likeness (QED) is 0.366. The normalized spacial score (nSPS) is 32.1. The van der Waals surface area contributed by atoms with Crippen molar-refractivity contribution in [2.24, 2.45) is 47.2 Å². The highest BCUT2D eigenvalue weighted by Crippen LogP contribution is 2.54. The molecule has 210 valence electrons. The monoisotopic (exact) mass is 539 g/mol. The Bertz CT molecular complexity index is 1280. The zero-order valence-electron chi connectivity index (χ0n) is 22.8. The number of hydrogen-bond donors (Lipinski definition) is 4. The molecule has 0 aliphatic heterocycles. The Kier molecular flexibility index (Phi) is 6.70. The molecule has 0 saturated heterocycles. The minimum Gasteiger partial charge on any atom is -0.507 e. The summed E-state index contributed by atoms with van der Waals surface area (Å²) in [5.41, 5.74) is 4.62. The minimum atomic E-state index is -2.68. The summed E-state index contributed by atoms with van der Waals surface area (Å²) in [6, 6.07) is 1.85. The summed E-state index contributed by atoms with van der Waals surface area (Å²) < 4.78 is 0. The molecule has 39 heavy (non-hydrogen) atoms. The molecule has 4 aliphatic carbocycles. The number of nitrogens with two attached hydrogens (primary N) is 1. The van der Waals surface area contributed by atoms with Gasteiger partial charge < -0.3 is 26.2 Å². The average molecular weight is 540 g/mol. The third-order valence-electron chi connectivity index (χ3n) is 9.30. The van der Waals surface area contributed by atoms with E-state index in [-0.39, 0.29) is 30.1 Å². The number of nitrogens with zero attached hydrogens (tertiary/aromatic N) is 1. The Hall–Kier alpha value is -3.11. The predicted octanol–water partition coefficient (Wildman–Crippen LogP) is 0.775. The fourth-order valence-corrected chi connectivity index (χ4v) is 7.22. The van der Waals surface area contributed by atoms with Gasteiger partial charge in [-0.05, 0) is 61.6 Å². The lowest BCUT2D eigenvalue weighted by Crippen LogP contribution is -2.71. The molecule has 1 amide bonds. The van der Waals surface area contributed by atoms with Crippen molar-refractivity contribution < 1.29 is 34.2 Å². The maximum atomic E-state index is 14.0. The van der Waals surface area contributed by atoms with Crippen LogP contribution in [0.5, 0.6) is 5.75 Å². The Balaban J connectivity index is 1.59. The molecule has 3 saturated carbocycles. The van der Waals surface area contributed by atoms with Gasteiger partial charge in [0.15, 0.2) is 34.7 Å². The number of carbonyl (C=O) groups is 5. The summed E-state index contributed by atoms with van der Waals surface area (Å²) in [4.78, 5) is 68.7. The Morgan fingerprint density at radius 2 is 1.85 bits per heavy atom. The molecule has 5 N–H and O–H groups in total. The van der Waals surface area contributed by atoms with Crippen LogP contribution in [0.2, 0.25) is 0 Å². The van der Waals surface area contributed by atoms with Crippen LogP contribution < -0.4 is 16.0 Å². The van der Waals surface area contributed by atoms with Crippen molar-refractivity contribution in [3.05, 3.63) is 22.8 Å². The molecule has 10 heteroatoms. The number of rotatable bonds is 7. The van der Waals surface area contributed by atoms with E-state index in [0.717, 1.165) is 25.1 Å². The molecule has 2 unspecified atom stereocenters. The lowest BCUT2D eigenvalue weighted by atomic mass is 9.49. The van der Waals surface area contributed by atoms with Crippen molar-refractivity contribution in [1.29, 1.82) is 0 Å². The van der Waals surface area contributed by atoms with Gasteiger partial charge in [0.2, 0.25) is 5.91 Å². The van der Waals surface area contributed by atoms with Crippen LogP contribution in [-0.2, 0) is 32.1 Å². The van der Waals surface area contributed by atoms with Crippen molar-refractivity contribution in [2.45, 2.75) is 51.7 Å². The molecule has 1 aromatic carbocycles. The molecule has 10 nitrogen and oxygen atoms in total. The first-order valence-corrected chi connectivity index (χ1v) is 13.7. The van der Waals surface area contributed by atoms with Gasteiger partial charge in [-0.1, -0.05) is 13.8 Å². The van der Waals surface area contributed by atoms with Gasteiger partial charge in [0.1, 0.15) is 5.75 Å². The number of carbonyl (C=O) groups excluding carboxylic acids is 5. The number of anilines is 1. The van der Waals surface area contributed by atoms with Gasteiger partial charge in [-0.25, -0.2) is 0 Å². The van der Waals surface area contributed by atoms with E-state index >= 15 is 0 Å². The van der Waals surface area contributed by atoms with Crippen molar-refractivity contribution in [2.75, 3.05) is 25.5 Å². The molecular formula is C29H37N3O7. The molecule has 4 aliphatic rings. The van der Waals surface area contributed by atoms with Crippen LogP contribution in [0.15, 0.2) is 6.07 Å². The zero-order chi connectivity index (χ0) is 28.5. The summed E-state index contributed by atoms with van der Waals surface area (Å²) in [6.07, 6.45) is 2.66. The lowest BCUT2D eigenvalue weighted by Gasteiger charge is -2.52. The number of primary amides is 1. The largest absolute Gasteiger partial charge is 0.507 e. The van der Waals surface area contributed by atoms with Gasteiger partial charge in [-0.3, -0.25) is 24.0 Å². The summed E-state index contributed by atoms with van der Waals surface area (Å²) in [6.45, 7) is 4.61. The maximum Gasteiger partial charge on any atom is 0.235 e. The van der Waals surface area contributed by atoms with Crippen molar-refractivity contribution in [3.63, 3.8) is 0 Å². The Morgan fingerprint density at radius 3 is 2.41 bits per heavy atom. The maximum absolute atomic E-state index is 14.0. The fourth-order valence-electron chi connectivity index (χ4n) is 7.22. The topological polar surface area (TPSA) is 167 Å². The predicted molar refractivity (Wildman–Crippen MR) is 141 cm³/mol. The number of aromatic hydroxyl groups is 1. The first kappa shape index (κ1) is 27.5. The second-order valence-electron chi connectivity index (χ2n) is 12.4. The number of aliphatic hydroxyl groups is 1. The third kappa shape index (κ3) is 4.10. The fraction of sp³-hybridized carbons (Fsp3) is 0.621. The molecule has 0 aromatic heterocycles. The van der Waals surface area contributed by atoms with Gasteiger partial charge >= 0.3 is 0 Å². The molecular weight excluding hydrogens is 502 g/mol. The highest BCUT2D eigenvalue weighted by Gasteiger charge is 2.69. The van der Waals surface area contributed by atoms with E-state index < -0.39 is 64.2 Å². The molecule has 0 heterocycles. The summed E-state index contributed by atoms with van der Waals surface area (Å²) >= 11 is 0. The SMILES string of the molecule is CC(C)[C@@H]1C(=O)C(C(N)=O)C(=O)[C@@]2(O)C(=O)C3C(=O)c4c(O)c(CNCC5CC5)cc(N(C)C)c4C[C@H]3C[C@@H]12. The molecule has 5 rings (SSSR count). The second kappa shape index (κ2) is 9.52. The zero-order valence-corrected chi connectivity index (χ0v) is 22.8. The number of fused-ring (bicyclic) bond motifs is 3. The number of ketones is 4. The van der Waals surface area contributed by atoms with E-state index in [4.69, 9.17) is 5.73 Å². The first-order valence-electron chi connectivity index (χ1n) is 13.7. The van der Waals surface area contributed by atoms with E-state index in [1.807, 2.05) is 25.1 Å². The number of phenolic OH excluding ortho intramolecular Hbond substituents is 1. The molecule has 0 bridgehead atoms. The summed E-state index contributed by atoms with van der Waals surface area (Å²) in [5, 5.41) is 26.3. The number of nitrogens with one attached hydrogen (secondary N) is 1. The standard InChI is InChI=1S/C29H37N3O7/c1-12(2)19-17-8-14-7-16-18(32(3)4)9-15(11-31-10-13-5-6-13)23(33)21(16)25(35)20(14)26(36)29(17,39)27(37)22(24(19)34)28(30)38/h9,12-14,17,19-20,22,31,33,39H,5-8,10-11H2,1-4H3,(H2,30,38)/t14-,17-,19-,20?,22?,29-/m0/s1. The van der Waals surface area contributed by atoms with E-state index in [0.29, 0.717) is 23.6 Å². The van der Waals surface area contributed by atoms with Crippen LogP contribution in [0.4, 0.5) is 5.69 Å². The lowest BCUT2D eigenvalue weighted by molar-refractivity contribution is -0.182. The van der Waals surface area contributed by atoms with Gasteiger partial charge in [-0.15, -0.1) is 0 Å². The molecule has 1 aromatic rings. The molecule has 6 atom stereocenters. The summed E-state index contributed by atoms with van der Waals surface area (Å²) in [5.74, 6) is -10.7. The van der Waals surface area contributed by atoms with Gasteiger partial charge in [0, 0.05) is 43.7 Å². The molecule has 3 fully saturated rings. The van der Waals surface area contributed by atoms with Crippen molar-refractivity contribution in [3.8, 4) is 5.75 Å². The molecule has 0 spiro atoms. The Morgan fingerprint density at radius 1 is 1.18 bits per heavy atom. The van der Waals surface area contributed by atoms with Gasteiger partial charge in [0.05, 0.1) is 11.5 Å². The second-order valence-corrected chi connectivity index (χ2v) is 12.4. The van der Waals surface area contributed by atoms with Crippen LogP contribution in [0.3, 0.4) is 0 Å². The van der Waals surface area contributed by atoms with E-state index in [1.165, 1.54) is 0 Å². The van der Waals surface area contributed by atoms with Crippen LogP contribution >= 0.6 is 0 Å².